The largest absolute Gasteiger partial charge is 0.493 e. The smallest absolute Gasteiger partial charge is 0.246 e. The zero-order valence-electron chi connectivity index (χ0n) is 18.3. The van der Waals surface area contributed by atoms with Gasteiger partial charge in [0, 0.05) is 37.8 Å². The molecule has 7 heteroatoms. The van der Waals surface area contributed by atoms with E-state index < -0.39 is 0 Å². The molecule has 1 aromatic heterocycles. The first-order valence-electron chi connectivity index (χ1n) is 10.5. The summed E-state index contributed by atoms with van der Waals surface area (Å²) in [5, 5.41) is 2.82. The molecule has 7 nitrogen and oxygen atoms in total. The Bertz CT molecular complexity index is 971. The summed E-state index contributed by atoms with van der Waals surface area (Å²) in [6.07, 6.45) is 7.90. The molecule has 0 saturated heterocycles. The van der Waals surface area contributed by atoms with Gasteiger partial charge in [-0.3, -0.25) is 9.59 Å². The van der Waals surface area contributed by atoms with Crippen molar-refractivity contribution in [3.63, 3.8) is 0 Å². The van der Waals surface area contributed by atoms with Crippen molar-refractivity contribution in [1.29, 1.82) is 0 Å². The van der Waals surface area contributed by atoms with Gasteiger partial charge in [-0.15, -0.1) is 0 Å². The third kappa shape index (κ3) is 5.84. The highest BCUT2D eigenvalue weighted by molar-refractivity contribution is 5.92. The lowest BCUT2D eigenvalue weighted by Gasteiger charge is -2.19. The van der Waals surface area contributed by atoms with Crippen molar-refractivity contribution in [1.82, 2.24) is 9.88 Å². The summed E-state index contributed by atoms with van der Waals surface area (Å²) in [7, 11) is 3.36. The first-order valence-corrected chi connectivity index (χ1v) is 10.5. The van der Waals surface area contributed by atoms with Crippen molar-refractivity contribution in [3.8, 4) is 11.5 Å². The van der Waals surface area contributed by atoms with E-state index >= 15 is 0 Å². The summed E-state index contributed by atoms with van der Waals surface area (Å²) in [6.45, 7) is 3.02. The van der Waals surface area contributed by atoms with E-state index in [1.165, 1.54) is 6.08 Å². The van der Waals surface area contributed by atoms with Crippen LogP contribution in [0.3, 0.4) is 0 Å². The number of ether oxygens (including phenoxy) is 2. The highest BCUT2D eigenvalue weighted by Gasteiger charge is 2.16. The Hall–Kier alpha value is -3.35. The minimum Gasteiger partial charge on any atom is -0.493 e. The fourth-order valence-corrected chi connectivity index (χ4v) is 3.40. The van der Waals surface area contributed by atoms with Crippen molar-refractivity contribution in [2.24, 2.45) is 0 Å². The monoisotopic (exact) mass is 423 g/mol. The number of nitrogens with one attached hydrogen (secondary N) is 1. The first-order chi connectivity index (χ1) is 15.0. The first kappa shape index (κ1) is 22.3. The molecule has 0 unspecified atom stereocenters. The highest BCUT2D eigenvalue weighted by Crippen LogP contribution is 2.32. The fraction of sp³-hybridized carbons (Fsp3) is 0.375. The minimum atomic E-state index is -0.132. The number of pyridine rings is 1. The standard InChI is InChI=1S/C24H29N3O4/c1-4-13-31-23-19(8-5-9-20(23)30-3)16-27(2)22(29)12-11-17-14-18-7-6-10-21(28)26-24(18)25-15-17/h5,8-9,11-12,14-15H,4,6-7,10,13,16H2,1-3H3,(H,25,26,28)/b12-11+. The number of anilines is 1. The molecule has 2 aromatic rings. The van der Waals surface area contributed by atoms with Crippen molar-refractivity contribution in [2.45, 2.75) is 39.2 Å². The average molecular weight is 424 g/mol. The number of hydrogen-bond donors (Lipinski definition) is 1. The average Bonchev–Trinajstić information content (AvgIpc) is 2.96. The molecule has 0 bridgehead atoms. The Balaban J connectivity index is 1.69. The van der Waals surface area contributed by atoms with E-state index in [0.717, 1.165) is 36.0 Å². The number of hydrogen-bond acceptors (Lipinski definition) is 5. The SMILES string of the molecule is CCCOc1c(CN(C)C(=O)/C=C/c2cnc3c(c2)CCCC(=O)N3)cccc1OC. The molecule has 1 aliphatic rings. The van der Waals surface area contributed by atoms with E-state index in [9.17, 15) is 9.59 Å². The predicted molar refractivity (Wildman–Crippen MR) is 120 cm³/mol. The van der Waals surface area contributed by atoms with Crippen LogP contribution in [-0.4, -0.2) is 42.5 Å². The van der Waals surface area contributed by atoms with E-state index in [1.807, 2.05) is 31.2 Å². The van der Waals surface area contributed by atoms with E-state index in [-0.39, 0.29) is 11.8 Å². The number of nitrogens with zero attached hydrogens (tertiary/aromatic N) is 2. The predicted octanol–water partition coefficient (Wildman–Crippen LogP) is 3.83. The second kappa shape index (κ2) is 10.6. The summed E-state index contributed by atoms with van der Waals surface area (Å²) in [4.78, 5) is 30.3. The van der Waals surface area contributed by atoms with Gasteiger partial charge in [-0.05, 0) is 48.6 Å². The fourth-order valence-electron chi connectivity index (χ4n) is 3.40. The van der Waals surface area contributed by atoms with Crippen LogP contribution in [-0.2, 0) is 22.6 Å². The van der Waals surface area contributed by atoms with Crippen LogP contribution in [0.15, 0.2) is 36.5 Å². The molecule has 164 valence electrons. The van der Waals surface area contributed by atoms with Crippen LogP contribution in [0, 0.1) is 0 Å². The van der Waals surface area contributed by atoms with Gasteiger partial charge in [0.15, 0.2) is 11.5 Å². The lowest BCUT2D eigenvalue weighted by molar-refractivity contribution is -0.125. The quantitative estimate of drug-likeness (QED) is 0.653. The Labute approximate surface area is 183 Å². The van der Waals surface area contributed by atoms with E-state index in [4.69, 9.17) is 9.47 Å². The number of likely N-dealkylation sites (N-methyl/N-ethyl adjacent to an activating group) is 1. The second-order valence-corrected chi connectivity index (χ2v) is 7.50. The second-order valence-electron chi connectivity index (χ2n) is 7.50. The van der Waals surface area contributed by atoms with Crippen LogP contribution in [0.1, 0.15) is 42.9 Å². The molecule has 1 aliphatic heterocycles. The number of fused-ring (bicyclic) bond motifs is 1. The maximum absolute atomic E-state index is 12.7. The van der Waals surface area contributed by atoms with Gasteiger partial charge in [-0.25, -0.2) is 4.98 Å². The number of amides is 2. The molecule has 1 N–H and O–H groups in total. The van der Waals surface area contributed by atoms with Crippen LogP contribution < -0.4 is 14.8 Å². The molecule has 0 atom stereocenters. The van der Waals surface area contributed by atoms with Gasteiger partial charge < -0.3 is 19.7 Å². The Kier molecular flexibility index (Phi) is 7.65. The van der Waals surface area contributed by atoms with Gasteiger partial charge >= 0.3 is 0 Å². The molecule has 0 spiro atoms. The van der Waals surface area contributed by atoms with Crippen molar-refractivity contribution >= 4 is 23.7 Å². The van der Waals surface area contributed by atoms with Gasteiger partial charge in [0.2, 0.25) is 11.8 Å². The van der Waals surface area contributed by atoms with E-state index in [0.29, 0.717) is 36.9 Å². The number of carbonyl (C=O) groups is 2. The number of rotatable bonds is 8. The Morgan fingerprint density at radius 2 is 2.16 bits per heavy atom. The summed E-state index contributed by atoms with van der Waals surface area (Å²) in [6, 6.07) is 7.65. The number of methoxy groups -OCH3 is 1. The topological polar surface area (TPSA) is 80.8 Å². The molecule has 2 heterocycles. The highest BCUT2D eigenvalue weighted by atomic mass is 16.5. The van der Waals surface area contributed by atoms with E-state index in [2.05, 4.69) is 10.3 Å². The minimum absolute atomic E-state index is 0.00817. The molecule has 3 rings (SSSR count). The third-order valence-corrected chi connectivity index (χ3v) is 5.03. The molecule has 0 radical (unpaired) electrons. The zero-order valence-corrected chi connectivity index (χ0v) is 18.3. The van der Waals surface area contributed by atoms with Crippen LogP contribution in [0.5, 0.6) is 11.5 Å². The molecule has 0 fully saturated rings. The van der Waals surface area contributed by atoms with Crippen LogP contribution in [0.25, 0.3) is 6.08 Å². The van der Waals surface area contributed by atoms with E-state index in [1.54, 1.807) is 31.3 Å². The molecular weight excluding hydrogens is 394 g/mol. The van der Waals surface area contributed by atoms with Gasteiger partial charge in [-0.1, -0.05) is 19.1 Å². The Morgan fingerprint density at radius 3 is 2.94 bits per heavy atom. The summed E-state index contributed by atoms with van der Waals surface area (Å²) < 4.78 is 11.3. The van der Waals surface area contributed by atoms with Gasteiger partial charge in [0.1, 0.15) is 5.82 Å². The van der Waals surface area contributed by atoms with Crippen LogP contribution in [0.2, 0.25) is 0 Å². The lowest BCUT2D eigenvalue weighted by Crippen LogP contribution is -2.24. The number of carbonyl (C=O) groups excluding carboxylic acids is 2. The van der Waals surface area contributed by atoms with Crippen LogP contribution in [0.4, 0.5) is 5.82 Å². The van der Waals surface area contributed by atoms with Gasteiger partial charge in [0.05, 0.1) is 13.7 Å². The number of benzene rings is 1. The summed E-state index contributed by atoms with van der Waals surface area (Å²) in [5.41, 5.74) is 2.70. The molecular formula is C24H29N3O4. The molecule has 2 amide bonds. The zero-order chi connectivity index (χ0) is 22.2. The number of para-hydroxylation sites is 1. The summed E-state index contributed by atoms with van der Waals surface area (Å²) in [5.74, 6) is 1.80. The number of aromatic nitrogens is 1. The van der Waals surface area contributed by atoms with Gasteiger partial charge in [0.25, 0.3) is 0 Å². The number of aryl methyl sites for hydroxylation is 1. The molecule has 31 heavy (non-hydrogen) atoms. The maximum atomic E-state index is 12.7. The summed E-state index contributed by atoms with van der Waals surface area (Å²) >= 11 is 0. The lowest BCUT2D eigenvalue weighted by atomic mass is 10.1. The molecule has 0 aliphatic carbocycles. The van der Waals surface area contributed by atoms with Crippen molar-refractivity contribution < 1.29 is 19.1 Å². The Morgan fingerprint density at radius 1 is 1.32 bits per heavy atom. The maximum Gasteiger partial charge on any atom is 0.246 e. The third-order valence-electron chi connectivity index (χ3n) is 5.03. The van der Waals surface area contributed by atoms with Crippen LogP contribution >= 0.6 is 0 Å². The van der Waals surface area contributed by atoms with Gasteiger partial charge in [-0.2, -0.15) is 0 Å². The molecule has 1 aromatic carbocycles. The van der Waals surface area contributed by atoms with Crippen molar-refractivity contribution in [3.05, 3.63) is 53.2 Å². The van der Waals surface area contributed by atoms with Crippen molar-refractivity contribution in [2.75, 3.05) is 26.1 Å². The normalized spacial score (nSPS) is 13.3. The molecule has 0 saturated carbocycles.